The molecule has 0 aliphatic heterocycles. The maximum absolute atomic E-state index is 5.44. The number of aromatic nitrogens is 2. The molecule has 1 aromatic heterocycles. The van der Waals surface area contributed by atoms with Crippen molar-refractivity contribution in [3.63, 3.8) is 0 Å². The van der Waals surface area contributed by atoms with Gasteiger partial charge in [0.2, 0.25) is 5.88 Å². The molecule has 20 heavy (non-hydrogen) atoms. The Morgan fingerprint density at radius 1 is 1.15 bits per heavy atom. The summed E-state index contributed by atoms with van der Waals surface area (Å²) in [5.41, 5.74) is 1.69. The molecule has 1 N–H and O–H groups in total. The van der Waals surface area contributed by atoms with Crippen LogP contribution in [0.3, 0.4) is 0 Å². The van der Waals surface area contributed by atoms with E-state index in [9.17, 15) is 0 Å². The van der Waals surface area contributed by atoms with Crippen molar-refractivity contribution < 1.29 is 9.47 Å². The SMILES string of the molecule is CNC(c1ccc(Br)cc1OC)c1nccnc1OC. The normalized spacial score (nSPS) is 12.0. The molecular weight excluding hydrogens is 322 g/mol. The molecule has 2 aromatic rings. The van der Waals surface area contributed by atoms with Crippen LogP contribution in [-0.2, 0) is 0 Å². The molecule has 1 heterocycles. The van der Waals surface area contributed by atoms with Gasteiger partial charge in [0, 0.05) is 22.4 Å². The molecule has 0 aliphatic carbocycles. The first-order valence-corrected chi connectivity index (χ1v) is 6.86. The minimum atomic E-state index is -0.165. The highest BCUT2D eigenvalue weighted by atomic mass is 79.9. The quantitative estimate of drug-likeness (QED) is 0.908. The van der Waals surface area contributed by atoms with E-state index < -0.39 is 0 Å². The van der Waals surface area contributed by atoms with Crippen LogP contribution in [0.25, 0.3) is 0 Å². The summed E-state index contributed by atoms with van der Waals surface area (Å²) in [7, 11) is 5.09. The number of hydrogen-bond acceptors (Lipinski definition) is 5. The fraction of sp³-hybridized carbons (Fsp3) is 0.286. The Kier molecular flexibility index (Phi) is 4.92. The Morgan fingerprint density at radius 3 is 2.55 bits per heavy atom. The van der Waals surface area contributed by atoms with Crippen LogP contribution < -0.4 is 14.8 Å². The highest BCUT2D eigenvalue weighted by Crippen LogP contribution is 2.33. The third-order valence-corrected chi connectivity index (χ3v) is 3.45. The molecule has 106 valence electrons. The van der Waals surface area contributed by atoms with E-state index in [-0.39, 0.29) is 6.04 Å². The molecule has 5 nitrogen and oxygen atoms in total. The molecule has 0 spiro atoms. The summed E-state index contributed by atoms with van der Waals surface area (Å²) in [6, 6.07) is 5.70. The highest BCUT2D eigenvalue weighted by Gasteiger charge is 2.22. The fourth-order valence-electron chi connectivity index (χ4n) is 2.05. The number of methoxy groups -OCH3 is 2. The van der Waals surface area contributed by atoms with Gasteiger partial charge in [-0.1, -0.05) is 22.0 Å². The second kappa shape index (κ2) is 6.67. The van der Waals surface area contributed by atoms with Gasteiger partial charge in [0.15, 0.2) is 0 Å². The minimum Gasteiger partial charge on any atom is -0.496 e. The van der Waals surface area contributed by atoms with Gasteiger partial charge in [0.1, 0.15) is 11.4 Å². The molecule has 6 heteroatoms. The molecule has 1 unspecified atom stereocenters. The van der Waals surface area contributed by atoms with Crippen molar-refractivity contribution in [3.05, 3.63) is 46.3 Å². The monoisotopic (exact) mass is 337 g/mol. The van der Waals surface area contributed by atoms with Crippen LogP contribution in [0.2, 0.25) is 0 Å². The largest absolute Gasteiger partial charge is 0.496 e. The van der Waals surface area contributed by atoms with Crippen LogP contribution in [-0.4, -0.2) is 31.2 Å². The van der Waals surface area contributed by atoms with E-state index in [1.54, 1.807) is 26.6 Å². The van der Waals surface area contributed by atoms with Crippen LogP contribution in [0, 0.1) is 0 Å². The summed E-state index contributed by atoms with van der Waals surface area (Å²) < 4.78 is 11.7. The van der Waals surface area contributed by atoms with E-state index in [0.29, 0.717) is 5.88 Å². The Balaban J connectivity index is 2.52. The first kappa shape index (κ1) is 14.7. The first-order valence-electron chi connectivity index (χ1n) is 6.06. The zero-order valence-corrected chi connectivity index (χ0v) is 13.1. The zero-order valence-electron chi connectivity index (χ0n) is 11.6. The van der Waals surface area contributed by atoms with Gasteiger partial charge >= 0.3 is 0 Å². The van der Waals surface area contributed by atoms with Crippen molar-refractivity contribution >= 4 is 15.9 Å². The standard InChI is InChI=1S/C14H16BrN3O2/c1-16-12(13-14(20-3)18-7-6-17-13)10-5-4-9(15)8-11(10)19-2/h4-8,12,16H,1-3H3. The topological polar surface area (TPSA) is 56.3 Å². The summed E-state index contributed by atoms with van der Waals surface area (Å²) >= 11 is 3.44. The van der Waals surface area contributed by atoms with E-state index in [2.05, 4.69) is 31.2 Å². The molecule has 1 aromatic carbocycles. The number of hydrogen-bond donors (Lipinski definition) is 1. The molecule has 0 fully saturated rings. The van der Waals surface area contributed by atoms with Gasteiger partial charge in [-0.25, -0.2) is 4.98 Å². The summed E-state index contributed by atoms with van der Waals surface area (Å²) in [6.45, 7) is 0. The molecule has 0 bridgehead atoms. The van der Waals surface area contributed by atoms with Crippen LogP contribution in [0.4, 0.5) is 0 Å². The van der Waals surface area contributed by atoms with E-state index in [0.717, 1.165) is 21.5 Å². The fourth-order valence-corrected chi connectivity index (χ4v) is 2.39. The highest BCUT2D eigenvalue weighted by molar-refractivity contribution is 9.10. The number of rotatable bonds is 5. The Labute approximate surface area is 126 Å². The molecule has 0 radical (unpaired) electrons. The van der Waals surface area contributed by atoms with Crippen molar-refractivity contribution in [3.8, 4) is 11.6 Å². The van der Waals surface area contributed by atoms with Gasteiger partial charge in [-0.15, -0.1) is 0 Å². The molecule has 2 rings (SSSR count). The molecule has 0 saturated carbocycles. The average molecular weight is 338 g/mol. The number of ether oxygens (including phenoxy) is 2. The third-order valence-electron chi connectivity index (χ3n) is 2.95. The van der Waals surface area contributed by atoms with Gasteiger partial charge in [0.25, 0.3) is 0 Å². The molecular formula is C14H16BrN3O2. The van der Waals surface area contributed by atoms with Crippen molar-refractivity contribution in [1.29, 1.82) is 0 Å². The lowest BCUT2D eigenvalue weighted by Gasteiger charge is -2.20. The lowest BCUT2D eigenvalue weighted by Crippen LogP contribution is -2.20. The van der Waals surface area contributed by atoms with E-state index in [1.807, 2.05) is 25.2 Å². The van der Waals surface area contributed by atoms with Gasteiger partial charge in [-0.3, -0.25) is 4.98 Å². The van der Waals surface area contributed by atoms with Crippen molar-refractivity contribution in [2.75, 3.05) is 21.3 Å². The van der Waals surface area contributed by atoms with Gasteiger partial charge < -0.3 is 14.8 Å². The maximum Gasteiger partial charge on any atom is 0.237 e. The van der Waals surface area contributed by atoms with E-state index in [4.69, 9.17) is 9.47 Å². The smallest absolute Gasteiger partial charge is 0.237 e. The summed E-state index contributed by atoms with van der Waals surface area (Å²) in [6.07, 6.45) is 3.25. The van der Waals surface area contributed by atoms with Crippen LogP contribution >= 0.6 is 15.9 Å². The second-order valence-corrected chi connectivity index (χ2v) is 4.97. The first-order chi connectivity index (χ1) is 9.71. The predicted octanol–water partition coefficient (Wildman–Crippen LogP) is 2.57. The second-order valence-electron chi connectivity index (χ2n) is 4.06. The number of nitrogens with zero attached hydrogens (tertiary/aromatic N) is 2. The lowest BCUT2D eigenvalue weighted by molar-refractivity contribution is 0.380. The number of nitrogens with one attached hydrogen (secondary N) is 1. The number of halogens is 1. The zero-order chi connectivity index (χ0) is 14.5. The molecule has 0 aliphatic rings. The van der Waals surface area contributed by atoms with E-state index >= 15 is 0 Å². The number of benzene rings is 1. The van der Waals surface area contributed by atoms with Gasteiger partial charge in [-0.2, -0.15) is 0 Å². The summed E-state index contributed by atoms with van der Waals surface area (Å²) in [5, 5.41) is 3.23. The molecule has 0 amide bonds. The average Bonchev–Trinajstić information content (AvgIpc) is 2.49. The Hall–Kier alpha value is -1.66. The predicted molar refractivity (Wildman–Crippen MR) is 80.2 cm³/mol. The molecule has 0 saturated heterocycles. The molecule has 1 atom stereocenters. The van der Waals surface area contributed by atoms with Gasteiger partial charge in [-0.05, 0) is 19.2 Å². The van der Waals surface area contributed by atoms with E-state index in [1.165, 1.54) is 0 Å². The Morgan fingerprint density at radius 2 is 1.90 bits per heavy atom. The van der Waals surface area contributed by atoms with Crippen LogP contribution in [0.15, 0.2) is 35.1 Å². The lowest BCUT2D eigenvalue weighted by atomic mass is 10.0. The maximum atomic E-state index is 5.44. The van der Waals surface area contributed by atoms with Crippen LogP contribution in [0.1, 0.15) is 17.3 Å². The van der Waals surface area contributed by atoms with Crippen molar-refractivity contribution in [2.24, 2.45) is 0 Å². The van der Waals surface area contributed by atoms with Crippen LogP contribution in [0.5, 0.6) is 11.6 Å². The summed E-state index contributed by atoms with van der Waals surface area (Å²) in [4.78, 5) is 8.57. The van der Waals surface area contributed by atoms with Crippen molar-refractivity contribution in [1.82, 2.24) is 15.3 Å². The summed E-state index contributed by atoms with van der Waals surface area (Å²) in [5.74, 6) is 1.27. The van der Waals surface area contributed by atoms with Crippen molar-refractivity contribution in [2.45, 2.75) is 6.04 Å². The Bertz CT molecular complexity index is 592. The van der Waals surface area contributed by atoms with Gasteiger partial charge in [0.05, 0.1) is 20.3 Å². The third kappa shape index (κ3) is 2.91. The minimum absolute atomic E-state index is 0.165.